The standard InChI is InChI=1S/C13H10N2O2/c1-9-4-2-6-12-14-10(8-13(16)15(9)12)11-5-3-7-17-11/h2-8H,1H3. The van der Waals surface area contributed by atoms with E-state index < -0.39 is 0 Å². The van der Waals surface area contributed by atoms with Gasteiger partial charge in [0, 0.05) is 11.8 Å². The third-order valence-corrected chi connectivity index (χ3v) is 2.65. The molecule has 0 saturated carbocycles. The fourth-order valence-corrected chi connectivity index (χ4v) is 1.86. The maximum atomic E-state index is 12.0. The molecule has 0 aromatic carbocycles. The van der Waals surface area contributed by atoms with Gasteiger partial charge in [0.25, 0.3) is 5.56 Å². The molecule has 0 N–H and O–H groups in total. The molecule has 3 rings (SSSR count). The zero-order chi connectivity index (χ0) is 11.8. The second-order valence-corrected chi connectivity index (χ2v) is 3.82. The lowest BCUT2D eigenvalue weighted by molar-refractivity contribution is 0.580. The third-order valence-electron chi connectivity index (χ3n) is 2.65. The summed E-state index contributed by atoms with van der Waals surface area (Å²) in [5, 5.41) is 0. The summed E-state index contributed by atoms with van der Waals surface area (Å²) in [4.78, 5) is 16.4. The van der Waals surface area contributed by atoms with Crippen molar-refractivity contribution >= 4 is 5.65 Å². The Labute approximate surface area is 97.2 Å². The molecule has 3 aromatic rings. The number of hydrogen-bond acceptors (Lipinski definition) is 3. The largest absolute Gasteiger partial charge is 0.463 e. The number of furan rings is 1. The summed E-state index contributed by atoms with van der Waals surface area (Å²) in [6.45, 7) is 1.88. The molecule has 0 atom stereocenters. The molecule has 0 radical (unpaired) electrons. The van der Waals surface area contributed by atoms with E-state index in [1.54, 1.807) is 28.9 Å². The topological polar surface area (TPSA) is 47.5 Å². The summed E-state index contributed by atoms with van der Waals surface area (Å²) in [6, 6.07) is 10.6. The summed E-state index contributed by atoms with van der Waals surface area (Å²) >= 11 is 0. The van der Waals surface area contributed by atoms with Crippen molar-refractivity contribution in [3.63, 3.8) is 0 Å². The van der Waals surface area contributed by atoms with Crippen molar-refractivity contribution in [1.29, 1.82) is 0 Å². The molecule has 3 aromatic heterocycles. The van der Waals surface area contributed by atoms with Crippen LogP contribution in [0.5, 0.6) is 0 Å². The summed E-state index contributed by atoms with van der Waals surface area (Å²) in [5.74, 6) is 0.603. The third kappa shape index (κ3) is 1.54. The Morgan fingerprint density at radius 1 is 1.24 bits per heavy atom. The van der Waals surface area contributed by atoms with E-state index in [1.165, 1.54) is 6.07 Å². The van der Waals surface area contributed by atoms with Crippen molar-refractivity contribution in [1.82, 2.24) is 9.38 Å². The molecule has 4 heteroatoms. The minimum atomic E-state index is -0.0977. The average Bonchev–Trinajstić information content (AvgIpc) is 2.81. The molecule has 0 fully saturated rings. The van der Waals surface area contributed by atoms with E-state index in [0.29, 0.717) is 17.1 Å². The lowest BCUT2D eigenvalue weighted by atomic mass is 10.3. The van der Waals surface area contributed by atoms with Gasteiger partial charge < -0.3 is 4.42 Å². The lowest BCUT2D eigenvalue weighted by Crippen LogP contribution is -2.16. The van der Waals surface area contributed by atoms with Gasteiger partial charge in [-0.3, -0.25) is 9.20 Å². The van der Waals surface area contributed by atoms with Gasteiger partial charge in [-0.2, -0.15) is 0 Å². The van der Waals surface area contributed by atoms with Crippen molar-refractivity contribution in [2.75, 3.05) is 0 Å². The van der Waals surface area contributed by atoms with Crippen molar-refractivity contribution in [2.45, 2.75) is 6.92 Å². The van der Waals surface area contributed by atoms with Gasteiger partial charge in [0.2, 0.25) is 0 Å². The summed E-state index contributed by atoms with van der Waals surface area (Å²) in [6.07, 6.45) is 1.56. The molecular weight excluding hydrogens is 216 g/mol. The molecule has 0 aliphatic rings. The Balaban J connectivity index is 2.36. The predicted molar refractivity (Wildman–Crippen MR) is 63.9 cm³/mol. The summed E-state index contributed by atoms with van der Waals surface area (Å²) in [7, 11) is 0. The molecule has 3 heterocycles. The van der Waals surface area contributed by atoms with Crippen LogP contribution in [0.3, 0.4) is 0 Å². The first kappa shape index (κ1) is 9.84. The van der Waals surface area contributed by atoms with Gasteiger partial charge in [0.1, 0.15) is 11.3 Å². The first-order chi connectivity index (χ1) is 8.25. The molecule has 0 unspecified atom stereocenters. The van der Waals surface area contributed by atoms with E-state index >= 15 is 0 Å². The van der Waals surface area contributed by atoms with Crippen LogP contribution >= 0.6 is 0 Å². The van der Waals surface area contributed by atoms with Gasteiger partial charge >= 0.3 is 0 Å². The molecule has 0 bridgehead atoms. The molecule has 0 spiro atoms. The lowest BCUT2D eigenvalue weighted by Gasteiger charge is -2.04. The second-order valence-electron chi connectivity index (χ2n) is 3.82. The smallest absolute Gasteiger partial charge is 0.258 e. The Bertz CT molecular complexity index is 727. The molecule has 17 heavy (non-hydrogen) atoms. The number of pyridine rings is 1. The van der Waals surface area contributed by atoms with Gasteiger partial charge in [-0.05, 0) is 31.2 Å². The quantitative estimate of drug-likeness (QED) is 0.639. The maximum Gasteiger partial charge on any atom is 0.258 e. The van der Waals surface area contributed by atoms with Crippen LogP contribution in [0.25, 0.3) is 17.1 Å². The number of nitrogens with zero attached hydrogens (tertiary/aromatic N) is 2. The molecule has 0 amide bonds. The Morgan fingerprint density at radius 2 is 2.12 bits per heavy atom. The highest BCUT2D eigenvalue weighted by Gasteiger charge is 2.07. The van der Waals surface area contributed by atoms with E-state index in [2.05, 4.69) is 4.98 Å². The number of rotatable bonds is 1. The SMILES string of the molecule is Cc1cccc2nc(-c3ccco3)cc(=O)n12. The van der Waals surface area contributed by atoms with Crippen LogP contribution in [0.1, 0.15) is 5.69 Å². The van der Waals surface area contributed by atoms with E-state index in [1.807, 2.05) is 19.1 Å². The number of aryl methyl sites for hydroxylation is 1. The van der Waals surface area contributed by atoms with Gasteiger partial charge in [-0.25, -0.2) is 4.98 Å². The minimum Gasteiger partial charge on any atom is -0.463 e. The van der Waals surface area contributed by atoms with E-state index in [9.17, 15) is 4.79 Å². The van der Waals surface area contributed by atoms with E-state index in [-0.39, 0.29) is 5.56 Å². The predicted octanol–water partition coefficient (Wildman–Crippen LogP) is 2.26. The molecular formula is C13H10N2O2. The zero-order valence-corrected chi connectivity index (χ0v) is 9.25. The van der Waals surface area contributed by atoms with Crippen molar-refractivity contribution < 1.29 is 4.42 Å². The van der Waals surface area contributed by atoms with Crippen molar-refractivity contribution in [2.24, 2.45) is 0 Å². The molecule has 84 valence electrons. The highest BCUT2D eigenvalue weighted by atomic mass is 16.3. The van der Waals surface area contributed by atoms with Gasteiger partial charge in [0.05, 0.1) is 6.26 Å². The first-order valence-corrected chi connectivity index (χ1v) is 5.29. The van der Waals surface area contributed by atoms with Crippen LogP contribution in [0.15, 0.2) is 51.9 Å². The fourth-order valence-electron chi connectivity index (χ4n) is 1.86. The Hall–Kier alpha value is -2.36. The van der Waals surface area contributed by atoms with E-state index in [0.717, 1.165) is 5.69 Å². The maximum absolute atomic E-state index is 12.0. The highest BCUT2D eigenvalue weighted by molar-refractivity contribution is 5.55. The van der Waals surface area contributed by atoms with E-state index in [4.69, 9.17) is 4.42 Å². The molecule has 0 aliphatic heterocycles. The van der Waals surface area contributed by atoms with Crippen LogP contribution in [-0.2, 0) is 0 Å². The first-order valence-electron chi connectivity index (χ1n) is 5.29. The van der Waals surface area contributed by atoms with Crippen LogP contribution in [-0.4, -0.2) is 9.38 Å². The Morgan fingerprint density at radius 3 is 2.88 bits per heavy atom. The summed E-state index contributed by atoms with van der Waals surface area (Å²) < 4.78 is 6.82. The number of hydrogen-bond donors (Lipinski definition) is 0. The second kappa shape index (κ2) is 3.59. The van der Waals surface area contributed by atoms with Crippen molar-refractivity contribution in [3.05, 3.63) is 58.7 Å². The van der Waals surface area contributed by atoms with Gasteiger partial charge in [0.15, 0.2) is 5.76 Å². The molecule has 0 aliphatic carbocycles. The monoisotopic (exact) mass is 226 g/mol. The van der Waals surface area contributed by atoms with Gasteiger partial charge in [-0.1, -0.05) is 6.07 Å². The zero-order valence-electron chi connectivity index (χ0n) is 9.25. The van der Waals surface area contributed by atoms with Crippen LogP contribution in [0.2, 0.25) is 0 Å². The highest BCUT2D eigenvalue weighted by Crippen LogP contribution is 2.16. The van der Waals surface area contributed by atoms with Crippen LogP contribution in [0.4, 0.5) is 0 Å². The molecule has 0 saturated heterocycles. The van der Waals surface area contributed by atoms with Crippen molar-refractivity contribution in [3.8, 4) is 11.5 Å². The number of fused-ring (bicyclic) bond motifs is 1. The summed E-state index contributed by atoms with van der Waals surface area (Å²) in [5.41, 5.74) is 1.96. The Kier molecular flexibility index (Phi) is 2.08. The van der Waals surface area contributed by atoms with Crippen LogP contribution in [0, 0.1) is 6.92 Å². The average molecular weight is 226 g/mol. The normalized spacial score (nSPS) is 10.9. The fraction of sp³-hybridized carbons (Fsp3) is 0.0769. The molecule has 4 nitrogen and oxygen atoms in total. The van der Waals surface area contributed by atoms with Gasteiger partial charge in [-0.15, -0.1) is 0 Å². The minimum absolute atomic E-state index is 0.0977. The number of aromatic nitrogens is 2. The van der Waals surface area contributed by atoms with Crippen LogP contribution < -0.4 is 5.56 Å².